The van der Waals surface area contributed by atoms with E-state index in [2.05, 4.69) is 32.3 Å². The van der Waals surface area contributed by atoms with Crippen molar-refractivity contribution in [2.24, 2.45) is 0 Å². The van der Waals surface area contributed by atoms with Crippen LogP contribution in [0.5, 0.6) is 0 Å². The van der Waals surface area contributed by atoms with Gasteiger partial charge >= 0.3 is 0 Å². The molecule has 164 valence electrons. The maximum atomic E-state index is 12.8. The predicted molar refractivity (Wildman–Crippen MR) is 125 cm³/mol. The molecule has 1 saturated heterocycles. The number of aromatic amines is 1. The lowest BCUT2D eigenvalue weighted by atomic mass is 10.1. The monoisotopic (exact) mass is 438 g/mol. The first-order chi connectivity index (χ1) is 16.2. The fourth-order valence-electron chi connectivity index (χ4n) is 4.20. The number of rotatable bonds is 3. The molecule has 1 fully saturated rings. The summed E-state index contributed by atoms with van der Waals surface area (Å²) in [5.74, 6) is 0.0817. The third-order valence-corrected chi connectivity index (χ3v) is 6.19. The van der Waals surface area contributed by atoms with E-state index in [9.17, 15) is 4.79 Å². The van der Waals surface area contributed by atoms with Gasteiger partial charge in [-0.2, -0.15) is 20.5 Å². The zero-order valence-electron chi connectivity index (χ0n) is 18.1. The van der Waals surface area contributed by atoms with Gasteiger partial charge in [0.15, 0.2) is 5.65 Å². The van der Waals surface area contributed by atoms with Gasteiger partial charge in [0.2, 0.25) is 0 Å². The predicted octanol–water partition coefficient (Wildman–Crippen LogP) is 2.72. The SMILES string of the molecule is CN1CCN(C(=O)c2ccc(-c3ccc4ncc(-c5ccc6n[nH]nc6c5)n4n3)cc2)CC1. The quantitative estimate of drug-likeness (QED) is 0.465. The Labute approximate surface area is 189 Å². The topological polar surface area (TPSA) is 95.3 Å². The Kier molecular flexibility index (Phi) is 4.62. The standard InChI is InChI=1S/C24H22N8O/c1-30-10-12-31(13-11-30)24(33)17-4-2-16(3-5-17)19-8-9-23-25-15-22(32(23)28-19)18-6-7-20-21(14-18)27-29-26-20/h2-9,14-15H,10-13H2,1H3,(H,26,27,29). The molecule has 1 N–H and O–H groups in total. The van der Waals surface area contributed by atoms with Crippen LogP contribution in [0.15, 0.2) is 60.8 Å². The molecule has 0 aliphatic carbocycles. The van der Waals surface area contributed by atoms with Crippen LogP contribution in [0.3, 0.4) is 0 Å². The third kappa shape index (κ3) is 3.52. The van der Waals surface area contributed by atoms with E-state index in [0.29, 0.717) is 5.56 Å². The van der Waals surface area contributed by atoms with Crippen LogP contribution in [0.2, 0.25) is 0 Å². The minimum atomic E-state index is 0.0817. The molecule has 9 heteroatoms. The molecule has 1 aliphatic heterocycles. The first-order valence-corrected chi connectivity index (χ1v) is 10.9. The van der Waals surface area contributed by atoms with Crippen molar-refractivity contribution < 1.29 is 4.79 Å². The summed E-state index contributed by atoms with van der Waals surface area (Å²) in [5, 5.41) is 15.8. The molecule has 1 amide bonds. The summed E-state index contributed by atoms with van der Waals surface area (Å²) >= 11 is 0. The van der Waals surface area contributed by atoms with Crippen LogP contribution in [0, 0.1) is 0 Å². The van der Waals surface area contributed by atoms with Gasteiger partial charge in [-0.1, -0.05) is 18.2 Å². The number of aromatic nitrogens is 6. The molecule has 0 spiro atoms. The van der Waals surface area contributed by atoms with Gasteiger partial charge in [-0.05, 0) is 43.4 Å². The molecule has 5 aromatic rings. The number of carbonyl (C=O) groups is 1. The summed E-state index contributed by atoms with van der Waals surface area (Å²) in [6.45, 7) is 3.34. The number of nitrogens with zero attached hydrogens (tertiary/aromatic N) is 7. The Balaban J connectivity index is 1.30. The number of imidazole rings is 1. The van der Waals surface area contributed by atoms with Crippen molar-refractivity contribution in [3.8, 4) is 22.5 Å². The maximum Gasteiger partial charge on any atom is 0.253 e. The number of hydrogen-bond donors (Lipinski definition) is 1. The summed E-state index contributed by atoms with van der Waals surface area (Å²) in [6, 6.07) is 17.5. The van der Waals surface area contributed by atoms with Crippen molar-refractivity contribution in [2.75, 3.05) is 33.2 Å². The van der Waals surface area contributed by atoms with Crippen LogP contribution in [-0.4, -0.2) is 78.9 Å². The highest BCUT2D eigenvalue weighted by Crippen LogP contribution is 2.25. The van der Waals surface area contributed by atoms with Crippen LogP contribution in [0.1, 0.15) is 10.4 Å². The minimum Gasteiger partial charge on any atom is -0.336 e. The zero-order chi connectivity index (χ0) is 22.4. The number of carbonyl (C=O) groups excluding carboxylic acids is 1. The zero-order valence-corrected chi connectivity index (χ0v) is 18.1. The second-order valence-electron chi connectivity index (χ2n) is 8.33. The molecular weight excluding hydrogens is 416 g/mol. The summed E-state index contributed by atoms with van der Waals surface area (Å²) in [5.41, 5.74) is 6.65. The number of fused-ring (bicyclic) bond motifs is 2. The van der Waals surface area contributed by atoms with Crippen LogP contribution < -0.4 is 0 Å². The van der Waals surface area contributed by atoms with Gasteiger partial charge in [0, 0.05) is 42.9 Å². The summed E-state index contributed by atoms with van der Waals surface area (Å²) < 4.78 is 1.83. The second kappa shape index (κ2) is 7.79. The van der Waals surface area contributed by atoms with Crippen molar-refractivity contribution in [3.63, 3.8) is 0 Å². The number of hydrogen-bond acceptors (Lipinski definition) is 6. The van der Waals surface area contributed by atoms with E-state index in [4.69, 9.17) is 5.10 Å². The van der Waals surface area contributed by atoms with E-state index in [-0.39, 0.29) is 5.91 Å². The highest BCUT2D eigenvalue weighted by Gasteiger charge is 2.20. The van der Waals surface area contributed by atoms with Gasteiger partial charge in [0.05, 0.1) is 17.6 Å². The normalized spacial score (nSPS) is 14.9. The number of benzene rings is 2. The maximum absolute atomic E-state index is 12.8. The number of likely N-dealkylation sites (N-methyl/N-ethyl adjacent to an activating group) is 1. The van der Waals surface area contributed by atoms with Crippen molar-refractivity contribution in [1.82, 2.24) is 39.8 Å². The molecule has 33 heavy (non-hydrogen) atoms. The van der Waals surface area contributed by atoms with Gasteiger partial charge in [0.25, 0.3) is 5.91 Å². The Hall–Kier alpha value is -4.11. The molecule has 0 radical (unpaired) electrons. The summed E-state index contributed by atoms with van der Waals surface area (Å²) in [4.78, 5) is 21.5. The number of piperazine rings is 1. The van der Waals surface area contributed by atoms with E-state index in [0.717, 1.165) is 65.4 Å². The Bertz CT molecular complexity index is 1460. The van der Waals surface area contributed by atoms with E-state index >= 15 is 0 Å². The molecule has 0 saturated carbocycles. The molecular formula is C24H22N8O. The molecule has 6 rings (SSSR count). The highest BCUT2D eigenvalue weighted by molar-refractivity contribution is 5.94. The van der Waals surface area contributed by atoms with Gasteiger partial charge < -0.3 is 9.80 Å². The van der Waals surface area contributed by atoms with E-state index in [1.54, 1.807) is 0 Å². The first-order valence-electron chi connectivity index (χ1n) is 10.9. The number of H-pyrrole nitrogens is 1. The molecule has 4 heterocycles. The van der Waals surface area contributed by atoms with Crippen molar-refractivity contribution >= 4 is 22.6 Å². The second-order valence-corrected chi connectivity index (χ2v) is 8.33. The van der Waals surface area contributed by atoms with Crippen LogP contribution >= 0.6 is 0 Å². The molecule has 0 bridgehead atoms. The van der Waals surface area contributed by atoms with Crippen LogP contribution in [0.25, 0.3) is 39.2 Å². The average Bonchev–Trinajstić information content (AvgIpc) is 3.50. The molecule has 0 atom stereocenters. The van der Waals surface area contributed by atoms with Gasteiger partial charge in [-0.3, -0.25) is 4.79 Å². The largest absolute Gasteiger partial charge is 0.336 e. The van der Waals surface area contributed by atoms with Crippen molar-refractivity contribution in [2.45, 2.75) is 0 Å². The fraction of sp³-hybridized carbons (Fsp3) is 0.208. The lowest BCUT2D eigenvalue weighted by molar-refractivity contribution is 0.0664. The number of nitrogens with one attached hydrogen (secondary N) is 1. The van der Waals surface area contributed by atoms with Crippen LogP contribution in [0.4, 0.5) is 0 Å². The summed E-state index contributed by atoms with van der Waals surface area (Å²) in [6.07, 6.45) is 1.81. The Morgan fingerprint density at radius 2 is 1.64 bits per heavy atom. The first kappa shape index (κ1) is 19.6. The van der Waals surface area contributed by atoms with E-state index in [1.165, 1.54) is 0 Å². The molecule has 3 aromatic heterocycles. The van der Waals surface area contributed by atoms with E-state index < -0.39 is 0 Å². The summed E-state index contributed by atoms with van der Waals surface area (Å²) in [7, 11) is 2.08. The van der Waals surface area contributed by atoms with Crippen LogP contribution in [-0.2, 0) is 0 Å². The lowest BCUT2D eigenvalue weighted by Gasteiger charge is -2.32. The van der Waals surface area contributed by atoms with Gasteiger partial charge in [-0.15, -0.1) is 0 Å². The smallest absolute Gasteiger partial charge is 0.253 e. The Morgan fingerprint density at radius 1 is 0.879 bits per heavy atom. The molecule has 1 aliphatic rings. The number of amides is 1. The van der Waals surface area contributed by atoms with Crippen molar-refractivity contribution in [3.05, 3.63) is 66.4 Å². The molecule has 2 aromatic carbocycles. The molecule has 0 unspecified atom stereocenters. The Morgan fingerprint density at radius 3 is 2.45 bits per heavy atom. The minimum absolute atomic E-state index is 0.0817. The van der Waals surface area contributed by atoms with E-state index in [1.807, 2.05) is 70.2 Å². The highest BCUT2D eigenvalue weighted by atomic mass is 16.2. The third-order valence-electron chi connectivity index (χ3n) is 6.19. The van der Waals surface area contributed by atoms with Crippen molar-refractivity contribution in [1.29, 1.82) is 0 Å². The van der Waals surface area contributed by atoms with Gasteiger partial charge in [0.1, 0.15) is 11.0 Å². The lowest BCUT2D eigenvalue weighted by Crippen LogP contribution is -2.47. The average molecular weight is 438 g/mol. The van der Waals surface area contributed by atoms with Gasteiger partial charge in [-0.25, -0.2) is 9.50 Å². The molecule has 9 nitrogen and oxygen atoms in total. The fourth-order valence-corrected chi connectivity index (χ4v) is 4.20.